The van der Waals surface area contributed by atoms with Crippen molar-refractivity contribution in [2.24, 2.45) is 0 Å². The zero-order valence-electron chi connectivity index (χ0n) is 14.6. The first kappa shape index (κ1) is 20.1. The highest BCUT2D eigenvalue weighted by Crippen LogP contribution is 2.18. The van der Waals surface area contributed by atoms with Gasteiger partial charge in [-0.05, 0) is 43.3 Å². The van der Waals surface area contributed by atoms with Crippen LogP contribution in [0.4, 0.5) is 5.69 Å². The van der Waals surface area contributed by atoms with Crippen molar-refractivity contribution in [3.05, 3.63) is 81.1 Å². The molecule has 6 nitrogen and oxygen atoms in total. The molecule has 1 amide bonds. The molecule has 1 aromatic heterocycles. The van der Waals surface area contributed by atoms with Crippen molar-refractivity contribution in [3.63, 3.8) is 0 Å². The molecule has 7 heteroatoms. The van der Waals surface area contributed by atoms with Gasteiger partial charge in [-0.2, -0.15) is 10.4 Å². The number of halogens is 1. The minimum Gasteiger partial charge on any atom is -0.329 e. The van der Waals surface area contributed by atoms with Gasteiger partial charge in [0.2, 0.25) is 6.41 Å². The number of amides is 1. The van der Waals surface area contributed by atoms with Crippen molar-refractivity contribution >= 4 is 28.0 Å². The highest BCUT2D eigenvalue weighted by atomic mass is 79.9. The summed E-state index contributed by atoms with van der Waals surface area (Å²) in [7, 11) is 0. The van der Waals surface area contributed by atoms with Crippen LogP contribution < -0.4 is 10.9 Å². The lowest BCUT2D eigenvalue weighted by Crippen LogP contribution is -2.20. The molecule has 1 heterocycles. The fourth-order valence-electron chi connectivity index (χ4n) is 2.20. The van der Waals surface area contributed by atoms with Crippen LogP contribution in [-0.4, -0.2) is 16.2 Å². The van der Waals surface area contributed by atoms with Gasteiger partial charge in [0.05, 0.1) is 17.3 Å². The Balaban J connectivity index is 0.000000208. The Labute approximate surface area is 165 Å². The third kappa shape index (κ3) is 5.90. The summed E-state index contributed by atoms with van der Waals surface area (Å²) in [6, 6.07) is 19.8. The smallest absolute Gasteiger partial charge is 0.266 e. The maximum Gasteiger partial charge on any atom is 0.266 e. The van der Waals surface area contributed by atoms with E-state index in [1.54, 1.807) is 36.4 Å². The maximum absolute atomic E-state index is 11.4. The van der Waals surface area contributed by atoms with Gasteiger partial charge in [-0.15, -0.1) is 0 Å². The molecule has 0 saturated carbocycles. The quantitative estimate of drug-likeness (QED) is 0.644. The lowest BCUT2D eigenvalue weighted by atomic mass is 10.1. The average Bonchev–Trinajstić information content (AvgIpc) is 2.70. The number of anilines is 1. The van der Waals surface area contributed by atoms with Crippen molar-refractivity contribution < 1.29 is 4.79 Å². The molecular weight excluding hydrogens is 408 g/mol. The number of hydrogen-bond acceptors (Lipinski definition) is 4. The number of carbonyl (C=O) groups is 1. The van der Waals surface area contributed by atoms with Crippen molar-refractivity contribution in [1.82, 2.24) is 9.78 Å². The Morgan fingerprint density at radius 1 is 1.19 bits per heavy atom. The molecule has 0 aliphatic heterocycles. The van der Waals surface area contributed by atoms with E-state index in [0.29, 0.717) is 24.2 Å². The van der Waals surface area contributed by atoms with Crippen LogP contribution in [-0.2, 0) is 11.3 Å². The van der Waals surface area contributed by atoms with E-state index in [1.807, 2.05) is 37.3 Å². The number of nitriles is 1. The van der Waals surface area contributed by atoms with Crippen LogP contribution in [0, 0.1) is 11.3 Å². The third-order valence-electron chi connectivity index (χ3n) is 3.52. The van der Waals surface area contributed by atoms with Crippen LogP contribution >= 0.6 is 15.9 Å². The van der Waals surface area contributed by atoms with E-state index in [1.165, 1.54) is 4.68 Å². The number of aryl methyl sites for hydroxylation is 1. The summed E-state index contributed by atoms with van der Waals surface area (Å²) in [5.74, 6) is 0. The van der Waals surface area contributed by atoms with Crippen molar-refractivity contribution in [1.29, 1.82) is 5.26 Å². The molecule has 0 saturated heterocycles. The van der Waals surface area contributed by atoms with Crippen molar-refractivity contribution in [2.45, 2.75) is 13.5 Å². The molecule has 3 aromatic rings. The molecule has 1 N–H and O–H groups in total. The lowest BCUT2D eigenvalue weighted by molar-refractivity contribution is -0.105. The summed E-state index contributed by atoms with van der Waals surface area (Å²) < 4.78 is 2.48. The van der Waals surface area contributed by atoms with Gasteiger partial charge in [0, 0.05) is 28.3 Å². The number of aromatic nitrogens is 2. The zero-order valence-corrected chi connectivity index (χ0v) is 16.2. The number of carbonyl (C=O) groups excluding carboxylic acids is 1. The van der Waals surface area contributed by atoms with E-state index in [0.717, 1.165) is 15.7 Å². The third-order valence-corrected chi connectivity index (χ3v) is 4.05. The average molecular weight is 425 g/mol. The summed E-state index contributed by atoms with van der Waals surface area (Å²) in [6.07, 6.45) is 0.580. The van der Waals surface area contributed by atoms with Gasteiger partial charge in [-0.1, -0.05) is 34.1 Å². The summed E-state index contributed by atoms with van der Waals surface area (Å²) >= 11 is 3.38. The Kier molecular flexibility index (Phi) is 7.47. The first-order valence-electron chi connectivity index (χ1n) is 8.12. The van der Waals surface area contributed by atoms with Gasteiger partial charge >= 0.3 is 0 Å². The fraction of sp³-hybridized carbons (Fsp3) is 0.100. The number of rotatable bonds is 4. The summed E-state index contributed by atoms with van der Waals surface area (Å²) in [6.45, 7) is 2.49. The normalized spacial score (nSPS) is 9.52. The molecule has 27 heavy (non-hydrogen) atoms. The minimum atomic E-state index is -0.0663. The van der Waals surface area contributed by atoms with E-state index in [-0.39, 0.29) is 5.56 Å². The maximum atomic E-state index is 11.4. The summed E-state index contributed by atoms with van der Waals surface area (Å²) in [5, 5.41) is 15.2. The topological polar surface area (TPSA) is 87.8 Å². The SMILES string of the molecule is CCn1nc(-c2ccc(Br)cc2)ccc1=O.N#Cc1cccc(NC=O)c1. The molecule has 0 atom stereocenters. The predicted octanol–water partition coefficient (Wildman–Crippen LogP) is 3.82. The number of hydrogen-bond donors (Lipinski definition) is 1. The van der Waals surface area contributed by atoms with E-state index < -0.39 is 0 Å². The number of nitrogens with one attached hydrogen (secondary N) is 1. The molecule has 3 rings (SSSR count). The Bertz CT molecular complexity index is 1010. The number of benzene rings is 2. The Morgan fingerprint density at radius 2 is 1.93 bits per heavy atom. The van der Waals surface area contributed by atoms with Crippen LogP contribution in [0.15, 0.2) is 69.9 Å². The van der Waals surface area contributed by atoms with E-state index in [4.69, 9.17) is 5.26 Å². The fourth-order valence-corrected chi connectivity index (χ4v) is 2.46. The Morgan fingerprint density at radius 3 is 2.56 bits per heavy atom. The second-order valence-corrected chi connectivity index (χ2v) is 6.25. The molecule has 0 radical (unpaired) electrons. The van der Waals surface area contributed by atoms with Crippen LogP contribution in [0.3, 0.4) is 0 Å². The molecule has 0 aliphatic carbocycles. The van der Waals surface area contributed by atoms with Gasteiger partial charge in [0.25, 0.3) is 5.56 Å². The molecule has 0 bridgehead atoms. The van der Waals surface area contributed by atoms with E-state index in [9.17, 15) is 9.59 Å². The first-order valence-corrected chi connectivity index (χ1v) is 8.91. The Hall–Kier alpha value is -3.24. The van der Waals surface area contributed by atoms with Crippen LogP contribution in [0.2, 0.25) is 0 Å². The first-order chi connectivity index (χ1) is 13.1. The monoisotopic (exact) mass is 424 g/mol. The highest BCUT2D eigenvalue weighted by molar-refractivity contribution is 9.10. The van der Waals surface area contributed by atoms with Crippen LogP contribution in [0.25, 0.3) is 11.3 Å². The van der Waals surface area contributed by atoms with Crippen LogP contribution in [0.5, 0.6) is 0 Å². The second kappa shape index (κ2) is 10.0. The molecule has 136 valence electrons. The van der Waals surface area contributed by atoms with Crippen molar-refractivity contribution in [3.8, 4) is 17.3 Å². The van der Waals surface area contributed by atoms with Gasteiger partial charge in [0.15, 0.2) is 0 Å². The highest BCUT2D eigenvalue weighted by Gasteiger charge is 2.01. The van der Waals surface area contributed by atoms with Gasteiger partial charge in [-0.25, -0.2) is 4.68 Å². The standard InChI is InChI=1S/C12H11BrN2O.C8H6N2O/c1-2-15-12(16)8-7-11(14-15)9-3-5-10(13)6-4-9;9-5-7-2-1-3-8(4-7)10-6-11/h3-8H,2H2,1H3;1-4,6H,(H,10,11). The zero-order chi connectivity index (χ0) is 19.6. The molecule has 2 aromatic carbocycles. The summed E-state index contributed by atoms with van der Waals surface area (Å²) in [4.78, 5) is 21.4. The largest absolute Gasteiger partial charge is 0.329 e. The van der Waals surface area contributed by atoms with Crippen LogP contribution in [0.1, 0.15) is 12.5 Å². The molecule has 0 aliphatic rings. The van der Waals surface area contributed by atoms with E-state index >= 15 is 0 Å². The van der Waals surface area contributed by atoms with Gasteiger partial charge in [0.1, 0.15) is 0 Å². The molecule has 0 fully saturated rings. The predicted molar refractivity (Wildman–Crippen MR) is 108 cm³/mol. The minimum absolute atomic E-state index is 0.0663. The number of nitrogens with zero attached hydrogens (tertiary/aromatic N) is 3. The second-order valence-electron chi connectivity index (χ2n) is 5.33. The lowest BCUT2D eigenvalue weighted by Gasteiger charge is -2.04. The van der Waals surface area contributed by atoms with Gasteiger partial charge < -0.3 is 5.32 Å². The molecule has 0 spiro atoms. The molecule has 0 unspecified atom stereocenters. The van der Waals surface area contributed by atoms with Gasteiger partial charge in [-0.3, -0.25) is 9.59 Å². The summed E-state index contributed by atoms with van der Waals surface area (Å²) in [5.41, 5.74) is 2.93. The van der Waals surface area contributed by atoms with E-state index in [2.05, 4.69) is 26.3 Å². The van der Waals surface area contributed by atoms with Crippen molar-refractivity contribution in [2.75, 3.05) is 5.32 Å². The molecular formula is C20H17BrN4O2.